The second-order valence-corrected chi connectivity index (χ2v) is 8.05. The van der Waals surface area contributed by atoms with Crippen LogP contribution in [0.1, 0.15) is 42.4 Å². The molecule has 2 atom stereocenters. The van der Waals surface area contributed by atoms with E-state index >= 15 is 0 Å². The molecule has 4 heterocycles. The Morgan fingerprint density at radius 3 is 2.67 bits per heavy atom. The monoisotopic (exact) mass is 403 g/mol. The molecular formula is C22H21N5O3. The zero-order valence-electron chi connectivity index (χ0n) is 16.3. The van der Waals surface area contributed by atoms with Crippen LogP contribution in [0.3, 0.4) is 0 Å². The fourth-order valence-corrected chi connectivity index (χ4v) is 4.75. The molecular weight excluding hydrogens is 382 g/mol. The lowest BCUT2D eigenvalue weighted by Crippen LogP contribution is -2.52. The number of aromatic nitrogens is 3. The summed E-state index contributed by atoms with van der Waals surface area (Å²) in [6.07, 6.45) is 6.99. The van der Waals surface area contributed by atoms with Gasteiger partial charge in [-0.05, 0) is 18.4 Å². The Labute approximate surface area is 173 Å². The van der Waals surface area contributed by atoms with Crippen molar-refractivity contribution in [3.8, 4) is 6.07 Å². The summed E-state index contributed by atoms with van der Waals surface area (Å²) in [5.74, 6) is 0. The fourth-order valence-electron chi connectivity index (χ4n) is 4.75. The van der Waals surface area contributed by atoms with Gasteiger partial charge in [0.2, 0.25) is 0 Å². The lowest BCUT2D eigenvalue weighted by molar-refractivity contribution is -0.0541. The van der Waals surface area contributed by atoms with Crippen molar-refractivity contribution in [1.29, 1.82) is 5.26 Å². The van der Waals surface area contributed by atoms with E-state index in [0.717, 1.165) is 18.4 Å². The van der Waals surface area contributed by atoms with Gasteiger partial charge in [0, 0.05) is 42.9 Å². The lowest BCUT2D eigenvalue weighted by Gasteiger charge is -2.43. The van der Waals surface area contributed by atoms with Crippen molar-refractivity contribution in [3.63, 3.8) is 0 Å². The van der Waals surface area contributed by atoms with Crippen LogP contribution >= 0.6 is 0 Å². The van der Waals surface area contributed by atoms with Gasteiger partial charge in [0.15, 0.2) is 5.65 Å². The minimum absolute atomic E-state index is 0.0833. The average Bonchev–Trinajstić information content (AvgIpc) is 3.31. The number of nitriles is 1. The summed E-state index contributed by atoms with van der Waals surface area (Å²) < 4.78 is 7.07. The number of benzene rings is 1. The second kappa shape index (κ2) is 7.11. The summed E-state index contributed by atoms with van der Waals surface area (Å²) in [5, 5.41) is 24.7. The Bertz CT molecular complexity index is 1120. The smallest absolute Gasteiger partial charge is 0.410 e. The summed E-state index contributed by atoms with van der Waals surface area (Å²) in [6.45, 7) is 0.237. The van der Waals surface area contributed by atoms with Crippen LogP contribution in [0, 0.1) is 11.3 Å². The predicted molar refractivity (Wildman–Crippen MR) is 106 cm³/mol. The molecule has 2 fully saturated rings. The summed E-state index contributed by atoms with van der Waals surface area (Å²) in [4.78, 5) is 18.9. The molecule has 2 aliphatic heterocycles. The standard InChI is InChI=1S/C22H21N5O3/c23-10-16-11-25-26-13-17(12-24-20(16)26)22(29)8-18-6-7-19(9-22)27(18)21(28)30-14-15-4-2-1-3-5-15/h1-5,11-13,18-19,29H,6-9,14H2. The van der Waals surface area contributed by atoms with E-state index in [2.05, 4.69) is 16.2 Å². The highest BCUT2D eigenvalue weighted by Crippen LogP contribution is 2.45. The highest BCUT2D eigenvalue weighted by atomic mass is 16.6. The molecule has 2 aliphatic rings. The summed E-state index contributed by atoms with van der Waals surface area (Å²) in [6, 6.07) is 11.5. The van der Waals surface area contributed by atoms with Crippen LogP contribution in [0.4, 0.5) is 4.79 Å². The van der Waals surface area contributed by atoms with Crippen LogP contribution in [0.2, 0.25) is 0 Å². The molecule has 1 N–H and O–H groups in total. The highest BCUT2D eigenvalue weighted by Gasteiger charge is 2.51. The summed E-state index contributed by atoms with van der Waals surface area (Å²) in [5.41, 5.74) is 1.36. The molecule has 0 aliphatic carbocycles. The van der Waals surface area contributed by atoms with Crippen LogP contribution in [0.5, 0.6) is 0 Å². The van der Waals surface area contributed by atoms with E-state index in [1.165, 1.54) is 10.7 Å². The Morgan fingerprint density at radius 1 is 1.23 bits per heavy atom. The summed E-state index contributed by atoms with van der Waals surface area (Å²) >= 11 is 0. The Kier molecular flexibility index (Phi) is 4.40. The zero-order valence-corrected chi connectivity index (χ0v) is 16.3. The quantitative estimate of drug-likeness (QED) is 0.721. The minimum atomic E-state index is -1.10. The molecule has 2 unspecified atom stereocenters. The normalized spacial score (nSPS) is 25.3. The maximum atomic E-state index is 12.8. The van der Waals surface area contributed by atoms with Crippen LogP contribution in [-0.4, -0.2) is 42.8 Å². The molecule has 30 heavy (non-hydrogen) atoms. The molecule has 0 spiro atoms. The molecule has 2 aromatic heterocycles. The molecule has 0 radical (unpaired) electrons. The third kappa shape index (κ3) is 3.08. The third-order valence-corrected chi connectivity index (χ3v) is 6.20. The number of carbonyl (C=O) groups is 1. The Hall–Kier alpha value is -3.44. The van der Waals surface area contributed by atoms with Crippen molar-refractivity contribution in [2.24, 2.45) is 0 Å². The molecule has 1 amide bonds. The first kappa shape index (κ1) is 18.6. The molecule has 1 aromatic carbocycles. The first-order chi connectivity index (χ1) is 14.6. The molecule has 0 saturated carbocycles. The zero-order chi connectivity index (χ0) is 20.7. The number of ether oxygens (including phenoxy) is 1. The number of nitrogens with zero attached hydrogens (tertiary/aromatic N) is 5. The molecule has 8 heteroatoms. The van der Waals surface area contributed by atoms with Crippen molar-refractivity contribution in [2.75, 3.05) is 0 Å². The molecule has 2 bridgehead atoms. The number of hydrogen-bond acceptors (Lipinski definition) is 6. The average molecular weight is 403 g/mol. The minimum Gasteiger partial charge on any atom is -0.445 e. The predicted octanol–water partition coefficient (Wildman–Crippen LogP) is 2.75. The van der Waals surface area contributed by atoms with Crippen LogP contribution in [0.15, 0.2) is 48.9 Å². The molecule has 5 rings (SSSR count). The topological polar surface area (TPSA) is 104 Å². The SMILES string of the molecule is N#Cc1cnn2cc(C3(O)CC4CCC(C3)N4C(=O)OCc3ccccc3)cnc12. The number of hydrogen-bond donors (Lipinski definition) is 1. The van der Waals surface area contributed by atoms with Crippen LogP contribution in [0.25, 0.3) is 5.65 Å². The molecule has 152 valence electrons. The Morgan fingerprint density at radius 2 is 1.97 bits per heavy atom. The van der Waals surface area contributed by atoms with Crippen molar-refractivity contribution in [1.82, 2.24) is 19.5 Å². The van der Waals surface area contributed by atoms with Gasteiger partial charge in [-0.2, -0.15) is 10.4 Å². The van der Waals surface area contributed by atoms with Gasteiger partial charge in [0.05, 0.1) is 11.8 Å². The van der Waals surface area contributed by atoms with Gasteiger partial charge in [-0.15, -0.1) is 0 Å². The van der Waals surface area contributed by atoms with E-state index in [1.807, 2.05) is 30.3 Å². The number of rotatable bonds is 3. The maximum absolute atomic E-state index is 12.8. The van der Waals surface area contributed by atoms with E-state index in [9.17, 15) is 9.90 Å². The van der Waals surface area contributed by atoms with Crippen LogP contribution < -0.4 is 0 Å². The number of carbonyl (C=O) groups excluding carboxylic acids is 1. The Balaban J connectivity index is 1.33. The number of amides is 1. The summed E-state index contributed by atoms with van der Waals surface area (Å²) in [7, 11) is 0. The second-order valence-electron chi connectivity index (χ2n) is 8.05. The number of piperidine rings is 1. The van der Waals surface area contributed by atoms with E-state index in [0.29, 0.717) is 29.6 Å². The van der Waals surface area contributed by atoms with Gasteiger partial charge < -0.3 is 14.7 Å². The third-order valence-electron chi connectivity index (χ3n) is 6.20. The molecule has 8 nitrogen and oxygen atoms in total. The van der Waals surface area contributed by atoms with E-state index < -0.39 is 5.60 Å². The molecule has 3 aromatic rings. The first-order valence-corrected chi connectivity index (χ1v) is 10.0. The van der Waals surface area contributed by atoms with Crippen LogP contribution in [-0.2, 0) is 16.9 Å². The first-order valence-electron chi connectivity index (χ1n) is 10.0. The number of fused-ring (bicyclic) bond motifs is 3. The highest BCUT2D eigenvalue weighted by molar-refractivity contribution is 5.69. The van der Waals surface area contributed by atoms with Gasteiger partial charge in [-0.1, -0.05) is 30.3 Å². The van der Waals surface area contributed by atoms with Gasteiger partial charge in [0.25, 0.3) is 0 Å². The fraction of sp³-hybridized carbons (Fsp3) is 0.364. The van der Waals surface area contributed by atoms with Gasteiger partial charge in [-0.25, -0.2) is 14.3 Å². The van der Waals surface area contributed by atoms with Gasteiger partial charge in [0.1, 0.15) is 18.2 Å². The largest absolute Gasteiger partial charge is 0.445 e. The van der Waals surface area contributed by atoms with Crippen molar-refractivity contribution in [2.45, 2.75) is 50.0 Å². The van der Waals surface area contributed by atoms with E-state index in [4.69, 9.17) is 10.00 Å². The van der Waals surface area contributed by atoms with Crippen molar-refractivity contribution in [3.05, 3.63) is 65.6 Å². The van der Waals surface area contributed by atoms with Crippen molar-refractivity contribution >= 4 is 11.7 Å². The van der Waals surface area contributed by atoms with Gasteiger partial charge in [-0.3, -0.25) is 0 Å². The van der Waals surface area contributed by atoms with E-state index in [1.54, 1.807) is 17.3 Å². The van der Waals surface area contributed by atoms with Gasteiger partial charge >= 0.3 is 6.09 Å². The number of aliphatic hydroxyl groups is 1. The lowest BCUT2D eigenvalue weighted by atomic mass is 9.82. The van der Waals surface area contributed by atoms with E-state index in [-0.39, 0.29) is 24.8 Å². The molecule has 2 saturated heterocycles. The van der Waals surface area contributed by atoms with Crippen molar-refractivity contribution < 1.29 is 14.6 Å². The maximum Gasteiger partial charge on any atom is 0.410 e.